The Kier molecular flexibility index (Phi) is 5.02. The zero-order chi connectivity index (χ0) is 18.3. The molecule has 0 radical (unpaired) electrons. The zero-order valence-electron chi connectivity index (χ0n) is 15.4. The topological polar surface area (TPSA) is 79.2 Å². The molecule has 3 aliphatic heterocycles. The Hall–Kier alpha value is -1.45. The molecule has 8 heteroatoms. The van der Waals surface area contributed by atoms with Crippen LogP contribution in [0, 0.1) is 0 Å². The normalized spacial score (nSPS) is 35.0. The first kappa shape index (κ1) is 17.9. The average molecular weight is 364 g/mol. The zero-order valence-corrected chi connectivity index (χ0v) is 15.4. The lowest BCUT2D eigenvalue weighted by Crippen LogP contribution is -2.66. The number of nitrogens with zero attached hydrogens (tertiary/aromatic N) is 3. The molecule has 1 aromatic rings. The van der Waals surface area contributed by atoms with Crippen LogP contribution in [0.15, 0.2) is 18.3 Å². The van der Waals surface area contributed by atoms with Crippen LogP contribution in [0.2, 0.25) is 0 Å². The van der Waals surface area contributed by atoms with Crippen molar-refractivity contribution < 1.29 is 19.4 Å². The quantitative estimate of drug-likeness (QED) is 0.723. The fourth-order valence-corrected chi connectivity index (χ4v) is 4.28. The molecule has 2 bridgehead atoms. The van der Waals surface area contributed by atoms with Crippen LogP contribution in [0.1, 0.15) is 12.6 Å². The summed E-state index contributed by atoms with van der Waals surface area (Å²) < 4.78 is 13.9. The minimum Gasteiger partial charge on any atom is -0.390 e. The highest BCUT2D eigenvalue weighted by molar-refractivity contribution is 5.73. The van der Waals surface area contributed by atoms with E-state index in [-0.39, 0.29) is 24.1 Å². The predicted molar refractivity (Wildman–Crippen MR) is 94.3 cm³/mol. The Morgan fingerprint density at radius 2 is 2.12 bits per heavy atom. The Labute approximate surface area is 153 Å². The summed E-state index contributed by atoms with van der Waals surface area (Å²) in [5.74, 6) is 0.101. The lowest BCUT2D eigenvalue weighted by Gasteiger charge is -2.46. The second-order valence-electron chi connectivity index (χ2n) is 7.42. The van der Waals surface area contributed by atoms with Gasteiger partial charge >= 0.3 is 0 Å². The van der Waals surface area contributed by atoms with Crippen LogP contribution < -0.4 is 5.32 Å². The number of aliphatic hydroxyl groups is 1. The van der Waals surface area contributed by atoms with Gasteiger partial charge in [-0.05, 0) is 12.1 Å². The van der Waals surface area contributed by atoms with Crippen LogP contribution in [0.5, 0.6) is 0 Å². The van der Waals surface area contributed by atoms with Crippen molar-refractivity contribution in [2.45, 2.75) is 44.1 Å². The molecule has 1 amide bonds. The summed E-state index contributed by atoms with van der Waals surface area (Å²) in [5.41, 5.74) is 1.16. The van der Waals surface area contributed by atoms with Crippen molar-refractivity contribution in [3.05, 3.63) is 24.0 Å². The van der Waals surface area contributed by atoms with E-state index in [9.17, 15) is 9.90 Å². The van der Waals surface area contributed by atoms with E-state index in [1.165, 1.54) is 0 Å². The summed E-state index contributed by atoms with van der Waals surface area (Å²) in [5, 5.41) is 14.6. The van der Waals surface area contributed by atoms with Crippen LogP contribution in [-0.2, 0) is 27.9 Å². The molecular formula is C18H28N4O4. The van der Waals surface area contributed by atoms with Gasteiger partial charge in [0.15, 0.2) is 6.29 Å². The number of hydrogen-bond donors (Lipinski definition) is 2. The number of aromatic nitrogens is 1. The summed E-state index contributed by atoms with van der Waals surface area (Å²) in [7, 11) is 2.01. The molecule has 4 heterocycles. The van der Waals surface area contributed by atoms with E-state index in [1.807, 2.05) is 24.2 Å². The van der Waals surface area contributed by atoms with Crippen LogP contribution in [0.3, 0.4) is 0 Å². The first-order valence-corrected chi connectivity index (χ1v) is 9.33. The van der Waals surface area contributed by atoms with Gasteiger partial charge < -0.3 is 29.4 Å². The van der Waals surface area contributed by atoms with E-state index in [4.69, 9.17) is 9.47 Å². The van der Waals surface area contributed by atoms with E-state index in [0.717, 1.165) is 18.8 Å². The Morgan fingerprint density at radius 1 is 1.35 bits per heavy atom. The SMILES string of the molecule is CC(=O)N1CCN(C2C3OCC(O3)C(NCc3cccn3C)C2O)CC1. The number of rotatable bonds is 4. The van der Waals surface area contributed by atoms with Crippen LogP contribution in [0.4, 0.5) is 0 Å². The molecule has 144 valence electrons. The number of fused-ring (bicyclic) bond motifs is 2. The Balaban J connectivity index is 1.43. The van der Waals surface area contributed by atoms with Gasteiger partial charge in [-0.25, -0.2) is 0 Å². The van der Waals surface area contributed by atoms with Crippen molar-refractivity contribution in [1.82, 2.24) is 19.7 Å². The fourth-order valence-electron chi connectivity index (χ4n) is 4.28. The number of carbonyl (C=O) groups excluding carboxylic acids is 1. The number of ether oxygens (including phenoxy) is 2. The third-order valence-electron chi connectivity index (χ3n) is 5.88. The summed E-state index contributed by atoms with van der Waals surface area (Å²) >= 11 is 0. The molecule has 3 saturated heterocycles. The first-order valence-electron chi connectivity index (χ1n) is 9.33. The molecule has 4 rings (SSSR count). The third kappa shape index (κ3) is 3.27. The maximum Gasteiger partial charge on any atom is 0.219 e. The van der Waals surface area contributed by atoms with Gasteiger partial charge in [0.05, 0.1) is 24.8 Å². The molecule has 1 aromatic heterocycles. The van der Waals surface area contributed by atoms with Crippen LogP contribution in [0.25, 0.3) is 0 Å². The van der Waals surface area contributed by atoms with Gasteiger partial charge in [0, 0.05) is 58.6 Å². The summed E-state index contributed by atoms with van der Waals surface area (Å²) in [6.45, 7) is 5.56. The maximum absolute atomic E-state index is 11.5. The van der Waals surface area contributed by atoms with E-state index in [1.54, 1.807) is 6.92 Å². The summed E-state index contributed by atoms with van der Waals surface area (Å²) in [6, 6.07) is 3.68. The van der Waals surface area contributed by atoms with Crippen molar-refractivity contribution in [2.24, 2.45) is 7.05 Å². The van der Waals surface area contributed by atoms with Gasteiger partial charge in [-0.2, -0.15) is 0 Å². The highest BCUT2D eigenvalue weighted by Gasteiger charge is 2.52. The van der Waals surface area contributed by atoms with E-state index >= 15 is 0 Å². The average Bonchev–Trinajstić information content (AvgIpc) is 3.23. The van der Waals surface area contributed by atoms with Gasteiger partial charge in [-0.1, -0.05) is 0 Å². The van der Waals surface area contributed by atoms with Crippen molar-refractivity contribution >= 4 is 5.91 Å². The number of aryl methyl sites for hydroxylation is 1. The van der Waals surface area contributed by atoms with Crippen LogP contribution in [-0.4, -0.2) is 88.7 Å². The second-order valence-corrected chi connectivity index (χ2v) is 7.42. The Morgan fingerprint density at radius 3 is 2.77 bits per heavy atom. The van der Waals surface area contributed by atoms with Crippen molar-refractivity contribution in [2.75, 3.05) is 32.8 Å². The minimum atomic E-state index is -0.578. The van der Waals surface area contributed by atoms with E-state index in [0.29, 0.717) is 26.2 Å². The molecule has 26 heavy (non-hydrogen) atoms. The van der Waals surface area contributed by atoms with Gasteiger partial charge in [-0.15, -0.1) is 0 Å². The molecule has 0 saturated carbocycles. The molecule has 0 aromatic carbocycles. The number of piperazine rings is 1. The lowest BCUT2D eigenvalue weighted by molar-refractivity contribution is -0.187. The molecule has 5 unspecified atom stereocenters. The highest BCUT2D eigenvalue weighted by Crippen LogP contribution is 2.32. The number of amides is 1. The Bertz CT molecular complexity index is 643. The molecule has 0 aliphatic carbocycles. The van der Waals surface area contributed by atoms with Gasteiger partial charge in [0.25, 0.3) is 0 Å². The standard InChI is InChI=1S/C18H28N4O4/c1-12(23)21-6-8-22(9-7-21)16-17(24)15(14-11-25-18(16)26-14)19-10-13-4-3-5-20(13)2/h3-5,14-19,24H,6-11H2,1-2H3. The summed E-state index contributed by atoms with van der Waals surface area (Å²) in [4.78, 5) is 15.6. The van der Waals surface area contributed by atoms with Gasteiger partial charge in [0.2, 0.25) is 5.91 Å². The minimum absolute atomic E-state index is 0.101. The van der Waals surface area contributed by atoms with E-state index < -0.39 is 12.4 Å². The monoisotopic (exact) mass is 364 g/mol. The molecule has 2 N–H and O–H groups in total. The number of hydrogen-bond acceptors (Lipinski definition) is 6. The summed E-state index contributed by atoms with van der Waals surface area (Å²) in [6.07, 6.45) is 0.902. The van der Waals surface area contributed by atoms with Crippen molar-refractivity contribution in [3.63, 3.8) is 0 Å². The number of nitrogens with one attached hydrogen (secondary N) is 1. The van der Waals surface area contributed by atoms with E-state index in [2.05, 4.69) is 20.9 Å². The van der Waals surface area contributed by atoms with Crippen molar-refractivity contribution in [3.8, 4) is 0 Å². The van der Waals surface area contributed by atoms with Crippen molar-refractivity contribution in [1.29, 1.82) is 0 Å². The predicted octanol–water partition coefficient (Wildman–Crippen LogP) is -0.868. The highest BCUT2D eigenvalue weighted by atomic mass is 16.7. The largest absolute Gasteiger partial charge is 0.390 e. The first-order chi connectivity index (χ1) is 12.5. The van der Waals surface area contributed by atoms with Crippen LogP contribution >= 0.6 is 0 Å². The third-order valence-corrected chi connectivity index (χ3v) is 5.88. The molecular weight excluding hydrogens is 336 g/mol. The molecule has 3 aliphatic rings. The van der Waals surface area contributed by atoms with Gasteiger partial charge in [-0.3, -0.25) is 9.69 Å². The van der Waals surface area contributed by atoms with Gasteiger partial charge in [0.1, 0.15) is 6.10 Å². The maximum atomic E-state index is 11.5. The molecule has 8 nitrogen and oxygen atoms in total. The lowest BCUT2D eigenvalue weighted by atomic mass is 9.94. The molecule has 5 atom stereocenters. The second kappa shape index (κ2) is 7.28. The smallest absolute Gasteiger partial charge is 0.219 e. The number of aliphatic hydroxyl groups excluding tert-OH is 1. The molecule has 3 fully saturated rings. The number of carbonyl (C=O) groups is 1. The fraction of sp³-hybridized carbons (Fsp3) is 0.722. The molecule has 0 spiro atoms.